The van der Waals surface area contributed by atoms with Crippen LogP contribution >= 0.6 is 0 Å². The van der Waals surface area contributed by atoms with Gasteiger partial charge < -0.3 is 14.7 Å². The highest BCUT2D eigenvalue weighted by Gasteiger charge is 2.26. The number of carbonyl (C=O) groups excluding carboxylic acids is 1. The van der Waals surface area contributed by atoms with Crippen LogP contribution in [0.2, 0.25) is 0 Å². The van der Waals surface area contributed by atoms with Gasteiger partial charge in [0, 0.05) is 13.1 Å². The molecule has 1 unspecified atom stereocenters. The van der Waals surface area contributed by atoms with Gasteiger partial charge in [-0.15, -0.1) is 0 Å². The molecule has 1 heterocycles. The normalized spacial score (nSPS) is 21.0. The molecule has 1 fully saturated rings. The zero-order valence-electron chi connectivity index (χ0n) is 9.22. The number of amides is 1. The summed E-state index contributed by atoms with van der Waals surface area (Å²) in [5.74, 6) is -1.32. The molecule has 5 nitrogen and oxygen atoms in total. The highest BCUT2D eigenvalue weighted by atomic mass is 16.6. The van der Waals surface area contributed by atoms with Crippen molar-refractivity contribution in [3.63, 3.8) is 0 Å². The number of nitrogens with zero attached hydrogens (tertiary/aromatic N) is 1. The average molecular weight is 227 g/mol. The number of hydrogen-bond acceptors (Lipinski definition) is 3. The zero-order chi connectivity index (χ0) is 12.0. The predicted octanol–water partition coefficient (Wildman–Crippen LogP) is 1.50. The van der Waals surface area contributed by atoms with Crippen LogP contribution in [-0.4, -0.2) is 41.8 Å². The van der Waals surface area contributed by atoms with E-state index in [1.807, 2.05) is 0 Å². The van der Waals surface area contributed by atoms with Crippen molar-refractivity contribution in [2.75, 3.05) is 19.7 Å². The second-order valence-corrected chi connectivity index (χ2v) is 3.84. The van der Waals surface area contributed by atoms with Gasteiger partial charge in [0.2, 0.25) is 0 Å². The monoisotopic (exact) mass is 227 g/mol. The van der Waals surface area contributed by atoms with Crippen molar-refractivity contribution in [3.05, 3.63) is 12.7 Å². The number of rotatable bonds is 3. The molecule has 0 saturated carbocycles. The first-order valence-corrected chi connectivity index (χ1v) is 5.40. The third-order valence-corrected chi connectivity index (χ3v) is 2.60. The van der Waals surface area contributed by atoms with Crippen LogP contribution in [0.3, 0.4) is 0 Å². The van der Waals surface area contributed by atoms with E-state index in [2.05, 4.69) is 6.58 Å². The van der Waals surface area contributed by atoms with Crippen molar-refractivity contribution in [2.45, 2.75) is 19.3 Å². The summed E-state index contributed by atoms with van der Waals surface area (Å²) >= 11 is 0. The number of hydrogen-bond donors (Lipinski definition) is 1. The Morgan fingerprint density at radius 3 is 2.88 bits per heavy atom. The molecule has 1 aliphatic rings. The van der Waals surface area contributed by atoms with Crippen LogP contribution in [0.15, 0.2) is 12.7 Å². The van der Waals surface area contributed by atoms with E-state index in [0.29, 0.717) is 13.0 Å². The van der Waals surface area contributed by atoms with Crippen molar-refractivity contribution in [3.8, 4) is 0 Å². The zero-order valence-corrected chi connectivity index (χ0v) is 9.22. The number of carboxylic acids is 1. The molecule has 1 rings (SSSR count). The summed E-state index contributed by atoms with van der Waals surface area (Å²) in [4.78, 5) is 23.9. The van der Waals surface area contributed by atoms with E-state index >= 15 is 0 Å². The van der Waals surface area contributed by atoms with Crippen LogP contribution in [0, 0.1) is 5.92 Å². The van der Waals surface area contributed by atoms with Crippen LogP contribution in [0.1, 0.15) is 19.3 Å². The van der Waals surface area contributed by atoms with Crippen molar-refractivity contribution in [1.29, 1.82) is 0 Å². The number of ether oxygens (including phenoxy) is 1. The maximum absolute atomic E-state index is 11.5. The second-order valence-electron chi connectivity index (χ2n) is 3.84. The van der Waals surface area contributed by atoms with Crippen LogP contribution in [0.5, 0.6) is 0 Å². The predicted molar refractivity (Wildman–Crippen MR) is 58.1 cm³/mol. The third-order valence-electron chi connectivity index (χ3n) is 2.60. The molecule has 0 aromatic heterocycles. The lowest BCUT2D eigenvalue weighted by Crippen LogP contribution is -2.37. The van der Waals surface area contributed by atoms with Gasteiger partial charge in [0.15, 0.2) is 0 Å². The van der Waals surface area contributed by atoms with Crippen LogP contribution in [-0.2, 0) is 9.53 Å². The first-order valence-electron chi connectivity index (χ1n) is 5.40. The molecule has 0 aromatic carbocycles. The minimum atomic E-state index is -0.844. The number of likely N-dealkylation sites (tertiary alicyclic amines) is 1. The summed E-state index contributed by atoms with van der Waals surface area (Å²) in [7, 11) is 0. The molecule has 1 amide bonds. The lowest BCUT2D eigenvalue weighted by Gasteiger charge is -2.21. The average Bonchev–Trinajstić information content (AvgIpc) is 2.51. The molecular weight excluding hydrogens is 210 g/mol. The Morgan fingerprint density at radius 1 is 1.50 bits per heavy atom. The smallest absolute Gasteiger partial charge is 0.410 e. The Morgan fingerprint density at radius 2 is 2.25 bits per heavy atom. The molecule has 0 radical (unpaired) electrons. The van der Waals surface area contributed by atoms with Gasteiger partial charge in [-0.2, -0.15) is 0 Å². The van der Waals surface area contributed by atoms with Gasteiger partial charge in [0.05, 0.1) is 5.92 Å². The molecule has 0 spiro atoms. The van der Waals surface area contributed by atoms with E-state index in [0.717, 1.165) is 12.8 Å². The van der Waals surface area contributed by atoms with Crippen molar-refractivity contribution >= 4 is 12.1 Å². The molecule has 1 saturated heterocycles. The third kappa shape index (κ3) is 3.56. The summed E-state index contributed by atoms with van der Waals surface area (Å²) in [5.41, 5.74) is 0. The van der Waals surface area contributed by atoms with E-state index < -0.39 is 18.0 Å². The van der Waals surface area contributed by atoms with E-state index in [4.69, 9.17) is 9.84 Å². The van der Waals surface area contributed by atoms with Crippen molar-refractivity contribution in [2.24, 2.45) is 5.92 Å². The molecule has 1 N–H and O–H groups in total. The summed E-state index contributed by atoms with van der Waals surface area (Å²) in [6, 6.07) is 0. The topological polar surface area (TPSA) is 66.8 Å². The van der Waals surface area contributed by atoms with Gasteiger partial charge >= 0.3 is 12.1 Å². The van der Waals surface area contributed by atoms with Gasteiger partial charge in [0.1, 0.15) is 6.61 Å². The number of aliphatic carboxylic acids is 1. The molecule has 5 heteroatoms. The second kappa shape index (κ2) is 6.15. The Labute approximate surface area is 94.7 Å². The number of carbonyl (C=O) groups is 2. The summed E-state index contributed by atoms with van der Waals surface area (Å²) in [6.07, 6.45) is 3.33. The first-order chi connectivity index (χ1) is 7.65. The van der Waals surface area contributed by atoms with E-state index in [-0.39, 0.29) is 13.2 Å². The Bertz CT molecular complexity index is 277. The molecule has 1 atom stereocenters. The quantitative estimate of drug-likeness (QED) is 0.742. The Balaban J connectivity index is 2.53. The van der Waals surface area contributed by atoms with Gasteiger partial charge in [0.25, 0.3) is 0 Å². The molecular formula is C11H17NO4. The van der Waals surface area contributed by atoms with Gasteiger partial charge in [-0.25, -0.2) is 4.79 Å². The van der Waals surface area contributed by atoms with Crippen molar-refractivity contribution < 1.29 is 19.4 Å². The Kier molecular flexibility index (Phi) is 4.82. The first kappa shape index (κ1) is 12.5. The van der Waals surface area contributed by atoms with Gasteiger partial charge in [-0.05, 0) is 12.8 Å². The minimum absolute atomic E-state index is 0.160. The maximum atomic E-state index is 11.5. The van der Waals surface area contributed by atoms with Gasteiger partial charge in [-0.3, -0.25) is 4.79 Å². The summed E-state index contributed by atoms with van der Waals surface area (Å²) in [5, 5.41) is 8.94. The van der Waals surface area contributed by atoms with Crippen LogP contribution in [0.4, 0.5) is 4.79 Å². The Hall–Kier alpha value is -1.52. The lowest BCUT2D eigenvalue weighted by atomic mass is 10.0. The standard InChI is InChI=1S/C11H17NO4/c1-2-7-16-11(15)12-6-4-3-5-9(8-12)10(13)14/h2,9H,1,3-8H2,(H,13,14). The van der Waals surface area contributed by atoms with E-state index in [1.54, 1.807) is 0 Å². The SMILES string of the molecule is C=CCOC(=O)N1CCCCC(C(=O)O)C1. The fourth-order valence-electron chi connectivity index (χ4n) is 1.73. The van der Waals surface area contributed by atoms with Crippen molar-refractivity contribution in [1.82, 2.24) is 4.90 Å². The van der Waals surface area contributed by atoms with Crippen LogP contribution in [0.25, 0.3) is 0 Å². The molecule has 1 aliphatic heterocycles. The molecule has 0 aromatic rings. The fraction of sp³-hybridized carbons (Fsp3) is 0.636. The largest absolute Gasteiger partial charge is 0.481 e. The number of carboxylic acid groups (broad SMARTS) is 1. The summed E-state index contributed by atoms with van der Waals surface area (Å²) in [6.45, 7) is 4.42. The summed E-state index contributed by atoms with van der Waals surface area (Å²) < 4.78 is 4.89. The molecule has 90 valence electrons. The van der Waals surface area contributed by atoms with Gasteiger partial charge in [-0.1, -0.05) is 19.1 Å². The highest BCUT2D eigenvalue weighted by molar-refractivity contribution is 5.72. The lowest BCUT2D eigenvalue weighted by molar-refractivity contribution is -0.142. The highest BCUT2D eigenvalue weighted by Crippen LogP contribution is 2.17. The van der Waals surface area contributed by atoms with E-state index in [1.165, 1.54) is 11.0 Å². The fourth-order valence-corrected chi connectivity index (χ4v) is 1.73. The minimum Gasteiger partial charge on any atom is -0.481 e. The molecule has 16 heavy (non-hydrogen) atoms. The molecule has 0 bridgehead atoms. The maximum Gasteiger partial charge on any atom is 0.410 e. The van der Waals surface area contributed by atoms with Crippen LogP contribution < -0.4 is 0 Å². The van der Waals surface area contributed by atoms with E-state index in [9.17, 15) is 9.59 Å². The molecule has 0 aliphatic carbocycles.